The van der Waals surface area contributed by atoms with Crippen LogP contribution in [0.2, 0.25) is 0 Å². The summed E-state index contributed by atoms with van der Waals surface area (Å²) in [5.41, 5.74) is 0.822. The predicted octanol–water partition coefficient (Wildman–Crippen LogP) is 2.75. The van der Waals surface area contributed by atoms with Crippen molar-refractivity contribution in [2.24, 2.45) is 5.41 Å². The Hall–Kier alpha value is -1.36. The number of amides is 1. The van der Waals surface area contributed by atoms with Gasteiger partial charge in [0, 0.05) is 18.8 Å². The fourth-order valence-corrected chi connectivity index (χ4v) is 2.74. The van der Waals surface area contributed by atoms with Crippen LogP contribution in [0, 0.1) is 5.41 Å². The summed E-state index contributed by atoms with van der Waals surface area (Å²) in [6.07, 6.45) is 6.29. The van der Waals surface area contributed by atoms with Gasteiger partial charge in [0.15, 0.2) is 0 Å². The van der Waals surface area contributed by atoms with Crippen molar-refractivity contribution in [3.63, 3.8) is 0 Å². The number of carbonyl (C=O) groups excluding carboxylic acids is 1. The van der Waals surface area contributed by atoms with E-state index in [0.29, 0.717) is 17.2 Å². The number of hydrogen-bond acceptors (Lipinski definition) is 3. The van der Waals surface area contributed by atoms with Gasteiger partial charge in [0.05, 0.1) is 6.04 Å². The summed E-state index contributed by atoms with van der Waals surface area (Å²) in [6.45, 7) is 10.7. The summed E-state index contributed by atoms with van der Waals surface area (Å²) in [5.74, 6) is -0.0658. The highest BCUT2D eigenvalue weighted by molar-refractivity contribution is 5.92. The molecule has 1 amide bonds. The average Bonchev–Trinajstić information content (AvgIpc) is 2.95. The lowest BCUT2D eigenvalue weighted by molar-refractivity contribution is 0.0929. The van der Waals surface area contributed by atoms with E-state index in [1.54, 1.807) is 0 Å². The number of rotatable bonds is 5. The third kappa shape index (κ3) is 5.13. The molecule has 5 nitrogen and oxygen atoms in total. The summed E-state index contributed by atoms with van der Waals surface area (Å²) in [5, 5.41) is 10.9. The maximum Gasteiger partial charge on any atom is 0.271 e. The van der Waals surface area contributed by atoms with Gasteiger partial charge in [0.2, 0.25) is 0 Å². The molecule has 1 aliphatic rings. The predicted molar refractivity (Wildman–Crippen MR) is 89.0 cm³/mol. The third-order valence-corrected chi connectivity index (χ3v) is 4.19. The zero-order chi connectivity index (χ0) is 16.2. The highest BCUT2D eigenvalue weighted by atomic mass is 16.2. The molecule has 2 rings (SSSR count). The summed E-state index contributed by atoms with van der Waals surface area (Å²) >= 11 is 0. The minimum Gasteiger partial charge on any atom is -0.348 e. The van der Waals surface area contributed by atoms with Crippen LogP contribution in [-0.4, -0.2) is 34.8 Å². The molecule has 1 aromatic heterocycles. The summed E-state index contributed by atoms with van der Waals surface area (Å²) in [7, 11) is 0. The standard InChI is InChI=1S/C17H30N4O/c1-13(7-9-17(2,3)4)19-16(22)15-8-11-21(20-15)14-6-5-10-18-12-14/h8,11,13-14,18H,5-7,9-10,12H2,1-4H3,(H,19,22). The summed E-state index contributed by atoms with van der Waals surface area (Å²) < 4.78 is 1.93. The van der Waals surface area contributed by atoms with Crippen LogP contribution in [0.4, 0.5) is 0 Å². The largest absolute Gasteiger partial charge is 0.348 e. The van der Waals surface area contributed by atoms with E-state index in [0.717, 1.165) is 38.8 Å². The van der Waals surface area contributed by atoms with E-state index in [9.17, 15) is 4.79 Å². The van der Waals surface area contributed by atoms with Crippen molar-refractivity contribution in [3.05, 3.63) is 18.0 Å². The molecule has 124 valence electrons. The first-order valence-electron chi connectivity index (χ1n) is 8.42. The maximum atomic E-state index is 12.3. The van der Waals surface area contributed by atoms with Crippen molar-refractivity contribution in [2.75, 3.05) is 13.1 Å². The third-order valence-electron chi connectivity index (χ3n) is 4.19. The first-order valence-corrected chi connectivity index (χ1v) is 8.42. The molecule has 0 saturated carbocycles. The average molecular weight is 306 g/mol. The van der Waals surface area contributed by atoms with Crippen LogP contribution in [0.5, 0.6) is 0 Å². The van der Waals surface area contributed by atoms with Crippen LogP contribution in [0.1, 0.15) is 69.9 Å². The molecular formula is C17H30N4O. The van der Waals surface area contributed by atoms with Crippen LogP contribution in [0.25, 0.3) is 0 Å². The summed E-state index contributed by atoms with van der Waals surface area (Å²) in [6, 6.07) is 2.36. The number of piperidine rings is 1. The SMILES string of the molecule is CC(CCC(C)(C)C)NC(=O)c1ccn(C2CCCNC2)n1. The second-order valence-corrected chi connectivity index (χ2v) is 7.66. The van der Waals surface area contributed by atoms with Gasteiger partial charge in [-0.3, -0.25) is 9.48 Å². The van der Waals surface area contributed by atoms with Crippen molar-refractivity contribution in [2.45, 2.75) is 65.5 Å². The number of carbonyl (C=O) groups is 1. The van der Waals surface area contributed by atoms with Gasteiger partial charge >= 0.3 is 0 Å². The molecule has 1 saturated heterocycles. The minimum absolute atomic E-state index is 0.0658. The molecule has 0 aromatic carbocycles. The molecule has 2 atom stereocenters. The Morgan fingerprint density at radius 1 is 1.55 bits per heavy atom. The Bertz CT molecular complexity index is 483. The first kappa shape index (κ1) is 17.0. The minimum atomic E-state index is -0.0658. The first-order chi connectivity index (χ1) is 10.3. The van der Waals surface area contributed by atoms with Gasteiger partial charge in [0.25, 0.3) is 5.91 Å². The Balaban J connectivity index is 1.86. The topological polar surface area (TPSA) is 59.0 Å². The molecule has 1 aliphatic heterocycles. The monoisotopic (exact) mass is 306 g/mol. The van der Waals surface area contributed by atoms with Crippen molar-refractivity contribution in [3.8, 4) is 0 Å². The highest BCUT2D eigenvalue weighted by Crippen LogP contribution is 2.21. The Morgan fingerprint density at radius 3 is 2.95 bits per heavy atom. The van der Waals surface area contributed by atoms with Crippen molar-refractivity contribution in [1.29, 1.82) is 0 Å². The Kier molecular flexibility index (Phi) is 5.62. The van der Waals surface area contributed by atoms with Gasteiger partial charge in [-0.1, -0.05) is 20.8 Å². The van der Waals surface area contributed by atoms with Crippen LogP contribution in [-0.2, 0) is 0 Å². The van der Waals surface area contributed by atoms with E-state index < -0.39 is 0 Å². The lowest BCUT2D eigenvalue weighted by Crippen LogP contribution is -2.34. The quantitative estimate of drug-likeness (QED) is 0.879. The van der Waals surface area contributed by atoms with E-state index in [-0.39, 0.29) is 11.9 Å². The molecule has 5 heteroatoms. The van der Waals surface area contributed by atoms with Crippen molar-refractivity contribution >= 4 is 5.91 Å². The number of nitrogens with one attached hydrogen (secondary N) is 2. The molecule has 1 aromatic rings. The fourth-order valence-electron chi connectivity index (χ4n) is 2.74. The molecule has 22 heavy (non-hydrogen) atoms. The number of hydrogen-bond donors (Lipinski definition) is 2. The number of aromatic nitrogens is 2. The van der Waals surface area contributed by atoms with Gasteiger partial charge in [-0.25, -0.2) is 0 Å². The maximum absolute atomic E-state index is 12.3. The second kappa shape index (κ2) is 7.27. The molecule has 0 bridgehead atoms. The molecule has 1 fully saturated rings. The molecule has 2 unspecified atom stereocenters. The van der Waals surface area contributed by atoms with E-state index in [2.05, 4.69) is 43.4 Å². The molecule has 2 N–H and O–H groups in total. The van der Waals surface area contributed by atoms with E-state index >= 15 is 0 Å². The highest BCUT2D eigenvalue weighted by Gasteiger charge is 2.19. The lowest BCUT2D eigenvalue weighted by Gasteiger charge is -2.23. The lowest BCUT2D eigenvalue weighted by atomic mass is 9.89. The summed E-state index contributed by atoms with van der Waals surface area (Å²) in [4.78, 5) is 12.3. The Morgan fingerprint density at radius 2 is 2.32 bits per heavy atom. The van der Waals surface area contributed by atoms with Crippen LogP contribution < -0.4 is 10.6 Å². The zero-order valence-electron chi connectivity index (χ0n) is 14.4. The molecule has 0 aliphatic carbocycles. The number of nitrogens with zero attached hydrogens (tertiary/aromatic N) is 2. The normalized spacial score (nSPS) is 20.6. The fraction of sp³-hybridized carbons (Fsp3) is 0.765. The zero-order valence-corrected chi connectivity index (χ0v) is 14.4. The van der Waals surface area contributed by atoms with Gasteiger partial charge < -0.3 is 10.6 Å². The van der Waals surface area contributed by atoms with Crippen LogP contribution in [0.15, 0.2) is 12.3 Å². The van der Waals surface area contributed by atoms with Gasteiger partial charge in [-0.2, -0.15) is 5.10 Å². The van der Waals surface area contributed by atoms with Crippen LogP contribution in [0.3, 0.4) is 0 Å². The van der Waals surface area contributed by atoms with Crippen molar-refractivity contribution < 1.29 is 4.79 Å². The van der Waals surface area contributed by atoms with Gasteiger partial charge in [-0.05, 0) is 50.6 Å². The van der Waals surface area contributed by atoms with Crippen LogP contribution >= 0.6 is 0 Å². The molecule has 0 spiro atoms. The van der Waals surface area contributed by atoms with Gasteiger partial charge in [-0.15, -0.1) is 0 Å². The molecule has 0 radical (unpaired) electrons. The molecule has 2 heterocycles. The smallest absolute Gasteiger partial charge is 0.271 e. The van der Waals surface area contributed by atoms with Gasteiger partial charge in [0.1, 0.15) is 5.69 Å². The van der Waals surface area contributed by atoms with E-state index in [1.165, 1.54) is 0 Å². The Labute approximate surface area is 133 Å². The van der Waals surface area contributed by atoms with Crippen molar-refractivity contribution in [1.82, 2.24) is 20.4 Å². The molecular weight excluding hydrogens is 276 g/mol. The van der Waals surface area contributed by atoms with E-state index in [1.807, 2.05) is 16.9 Å². The second-order valence-electron chi connectivity index (χ2n) is 7.66. The van der Waals surface area contributed by atoms with E-state index in [4.69, 9.17) is 0 Å².